The fourth-order valence-electron chi connectivity index (χ4n) is 2.27. The van der Waals surface area contributed by atoms with Gasteiger partial charge in [0, 0.05) is 38.5 Å². The fraction of sp³-hybridized carbons (Fsp3) is 0.688. The molecule has 0 saturated heterocycles. The molecule has 1 heterocycles. The van der Waals surface area contributed by atoms with Crippen LogP contribution >= 0.6 is 11.6 Å². The molecule has 5 heteroatoms. The zero-order chi connectivity index (χ0) is 15.2. The summed E-state index contributed by atoms with van der Waals surface area (Å²) in [5.74, 6) is 0.859. The highest BCUT2D eigenvalue weighted by molar-refractivity contribution is 6.33. The van der Waals surface area contributed by atoms with Crippen molar-refractivity contribution < 1.29 is 4.74 Å². The highest BCUT2D eigenvalue weighted by Gasteiger charge is 2.21. The summed E-state index contributed by atoms with van der Waals surface area (Å²) in [5, 5.41) is 4.21. The highest BCUT2D eigenvalue weighted by Crippen LogP contribution is 2.27. The van der Waals surface area contributed by atoms with E-state index in [-0.39, 0.29) is 0 Å². The van der Waals surface area contributed by atoms with Crippen LogP contribution in [0.5, 0.6) is 0 Å². The van der Waals surface area contributed by atoms with Crippen LogP contribution in [0.1, 0.15) is 38.7 Å². The van der Waals surface area contributed by atoms with E-state index >= 15 is 0 Å². The molecule has 1 aliphatic rings. The summed E-state index contributed by atoms with van der Waals surface area (Å²) in [5.41, 5.74) is 1.14. The van der Waals surface area contributed by atoms with Gasteiger partial charge in [0.1, 0.15) is 5.82 Å². The molecule has 1 aromatic rings. The third-order valence-electron chi connectivity index (χ3n) is 3.98. The van der Waals surface area contributed by atoms with Gasteiger partial charge in [0.2, 0.25) is 0 Å². The summed E-state index contributed by atoms with van der Waals surface area (Å²) < 4.78 is 5.20. The molecule has 21 heavy (non-hydrogen) atoms. The molecule has 0 bridgehead atoms. The monoisotopic (exact) mass is 311 g/mol. The lowest BCUT2D eigenvalue weighted by atomic mass is 10.2. The standard InChI is InChI=1S/C16H26ClN3O/c1-4-12(2)20(7-8-21-3)16-15(17)9-13(11-19-16)10-18-14-5-6-14/h9,11-12,14,18H,4-8,10H2,1-3H3. The molecule has 1 atom stereocenters. The van der Waals surface area contributed by atoms with E-state index in [1.165, 1.54) is 12.8 Å². The van der Waals surface area contributed by atoms with Gasteiger partial charge in [0.25, 0.3) is 0 Å². The Bertz CT molecular complexity index is 451. The van der Waals surface area contributed by atoms with Crippen LogP contribution in [0, 0.1) is 0 Å². The summed E-state index contributed by atoms with van der Waals surface area (Å²) in [7, 11) is 1.72. The number of pyridine rings is 1. The number of aromatic nitrogens is 1. The van der Waals surface area contributed by atoms with E-state index in [2.05, 4.69) is 29.0 Å². The molecule has 0 spiro atoms. The average molecular weight is 312 g/mol. The zero-order valence-electron chi connectivity index (χ0n) is 13.2. The van der Waals surface area contributed by atoms with Gasteiger partial charge in [-0.15, -0.1) is 0 Å². The van der Waals surface area contributed by atoms with Gasteiger partial charge in [-0.3, -0.25) is 0 Å². The van der Waals surface area contributed by atoms with Gasteiger partial charge in [-0.2, -0.15) is 0 Å². The van der Waals surface area contributed by atoms with Crippen molar-refractivity contribution in [2.24, 2.45) is 0 Å². The highest BCUT2D eigenvalue weighted by atomic mass is 35.5. The Morgan fingerprint density at radius 2 is 2.29 bits per heavy atom. The minimum absolute atomic E-state index is 0.389. The van der Waals surface area contributed by atoms with Crippen LogP contribution in [0.4, 0.5) is 5.82 Å². The molecule has 1 saturated carbocycles. The lowest BCUT2D eigenvalue weighted by Crippen LogP contribution is -2.36. The molecule has 0 aromatic carbocycles. The maximum atomic E-state index is 6.46. The topological polar surface area (TPSA) is 37.4 Å². The van der Waals surface area contributed by atoms with Crippen molar-refractivity contribution in [2.45, 2.75) is 51.7 Å². The van der Waals surface area contributed by atoms with Crippen molar-refractivity contribution in [2.75, 3.05) is 25.2 Å². The second-order valence-corrected chi connectivity index (χ2v) is 6.15. The maximum Gasteiger partial charge on any atom is 0.147 e. The lowest BCUT2D eigenvalue weighted by Gasteiger charge is -2.30. The normalized spacial score (nSPS) is 16.0. The van der Waals surface area contributed by atoms with E-state index in [0.717, 1.165) is 35.9 Å². The molecule has 1 aliphatic carbocycles. The number of nitrogens with zero attached hydrogens (tertiary/aromatic N) is 2. The fourth-order valence-corrected chi connectivity index (χ4v) is 2.57. The number of hydrogen-bond acceptors (Lipinski definition) is 4. The first-order valence-corrected chi connectivity index (χ1v) is 8.16. The average Bonchev–Trinajstić information content (AvgIpc) is 3.31. The smallest absolute Gasteiger partial charge is 0.147 e. The summed E-state index contributed by atoms with van der Waals surface area (Å²) >= 11 is 6.46. The summed E-state index contributed by atoms with van der Waals surface area (Å²) in [6, 6.07) is 3.11. The van der Waals surface area contributed by atoms with Gasteiger partial charge in [0.05, 0.1) is 11.6 Å². The first-order valence-electron chi connectivity index (χ1n) is 7.79. The van der Waals surface area contributed by atoms with Gasteiger partial charge in [0.15, 0.2) is 0 Å². The second-order valence-electron chi connectivity index (χ2n) is 5.75. The predicted molar refractivity (Wildman–Crippen MR) is 88.1 cm³/mol. The van der Waals surface area contributed by atoms with Crippen LogP contribution in [0.15, 0.2) is 12.3 Å². The zero-order valence-corrected chi connectivity index (χ0v) is 14.0. The Balaban J connectivity index is 2.07. The molecule has 1 aromatic heterocycles. The molecule has 2 rings (SSSR count). The second kappa shape index (κ2) is 7.97. The maximum absolute atomic E-state index is 6.46. The SMILES string of the molecule is CCC(C)N(CCOC)c1ncc(CNC2CC2)cc1Cl. The van der Waals surface area contributed by atoms with Crippen LogP contribution in [-0.2, 0) is 11.3 Å². The van der Waals surface area contributed by atoms with E-state index in [0.29, 0.717) is 18.7 Å². The van der Waals surface area contributed by atoms with Gasteiger partial charge in [-0.1, -0.05) is 18.5 Å². The lowest BCUT2D eigenvalue weighted by molar-refractivity contribution is 0.203. The minimum Gasteiger partial charge on any atom is -0.383 e. The number of rotatable bonds is 9. The number of hydrogen-bond donors (Lipinski definition) is 1. The molecular weight excluding hydrogens is 286 g/mol. The number of anilines is 1. The van der Waals surface area contributed by atoms with Crippen molar-refractivity contribution in [1.29, 1.82) is 0 Å². The van der Waals surface area contributed by atoms with Gasteiger partial charge < -0.3 is 15.0 Å². The molecular formula is C16H26ClN3O. The van der Waals surface area contributed by atoms with Gasteiger partial charge in [-0.05, 0) is 37.8 Å². The van der Waals surface area contributed by atoms with E-state index < -0.39 is 0 Å². The number of methoxy groups -OCH3 is 1. The van der Waals surface area contributed by atoms with Crippen molar-refractivity contribution in [3.05, 3.63) is 22.8 Å². The van der Waals surface area contributed by atoms with E-state index in [4.69, 9.17) is 16.3 Å². The Hall–Kier alpha value is -0.840. The summed E-state index contributed by atoms with van der Waals surface area (Å²) in [6.45, 7) is 6.69. The molecule has 0 amide bonds. The van der Waals surface area contributed by atoms with Crippen LogP contribution in [-0.4, -0.2) is 37.3 Å². The van der Waals surface area contributed by atoms with Gasteiger partial charge in [-0.25, -0.2) is 4.98 Å². The number of halogens is 1. The predicted octanol–water partition coefficient (Wildman–Crippen LogP) is 3.24. The molecule has 118 valence electrons. The van der Waals surface area contributed by atoms with E-state index in [9.17, 15) is 0 Å². The first-order chi connectivity index (χ1) is 10.2. The minimum atomic E-state index is 0.389. The first kappa shape index (κ1) is 16.5. The van der Waals surface area contributed by atoms with Crippen LogP contribution in [0.25, 0.3) is 0 Å². The Labute approximate surface area is 132 Å². The van der Waals surface area contributed by atoms with E-state index in [1.807, 2.05) is 12.3 Å². The Morgan fingerprint density at radius 3 is 2.86 bits per heavy atom. The molecule has 1 fully saturated rings. The number of nitrogens with one attached hydrogen (secondary N) is 1. The van der Waals surface area contributed by atoms with Crippen LogP contribution < -0.4 is 10.2 Å². The third kappa shape index (κ3) is 4.83. The molecule has 1 N–H and O–H groups in total. The Morgan fingerprint density at radius 1 is 1.52 bits per heavy atom. The van der Waals surface area contributed by atoms with Crippen molar-refractivity contribution in [3.63, 3.8) is 0 Å². The molecule has 4 nitrogen and oxygen atoms in total. The van der Waals surface area contributed by atoms with Crippen molar-refractivity contribution in [3.8, 4) is 0 Å². The third-order valence-corrected chi connectivity index (χ3v) is 4.26. The van der Waals surface area contributed by atoms with Crippen molar-refractivity contribution in [1.82, 2.24) is 10.3 Å². The summed E-state index contributed by atoms with van der Waals surface area (Å²) in [6.07, 6.45) is 5.56. The van der Waals surface area contributed by atoms with Gasteiger partial charge >= 0.3 is 0 Å². The molecule has 0 aliphatic heterocycles. The molecule has 1 unspecified atom stereocenters. The van der Waals surface area contributed by atoms with Crippen molar-refractivity contribution >= 4 is 17.4 Å². The molecule has 0 radical (unpaired) electrons. The Kier molecular flexibility index (Phi) is 6.27. The largest absolute Gasteiger partial charge is 0.383 e. The quantitative estimate of drug-likeness (QED) is 0.759. The number of ether oxygens (including phenoxy) is 1. The summed E-state index contributed by atoms with van der Waals surface area (Å²) in [4.78, 5) is 6.82. The van der Waals surface area contributed by atoms with E-state index in [1.54, 1.807) is 7.11 Å². The van der Waals surface area contributed by atoms with Crippen LogP contribution in [0.3, 0.4) is 0 Å². The van der Waals surface area contributed by atoms with Crippen LogP contribution in [0.2, 0.25) is 5.02 Å².